The van der Waals surface area contributed by atoms with Crippen molar-refractivity contribution in [1.29, 1.82) is 0 Å². The molecule has 0 aromatic heterocycles. The Hall–Kier alpha value is -2.73. The van der Waals surface area contributed by atoms with E-state index in [1.54, 1.807) is 35.2 Å². The number of rotatable bonds is 5. The summed E-state index contributed by atoms with van der Waals surface area (Å²) in [5.41, 5.74) is 1.19. The number of likely N-dealkylation sites (tertiary alicyclic amines) is 1. The van der Waals surface area contributed by atoms with Gasteiger partial charge in [0, 0.05) is 30.3 Å². The SMILES string of the molecule is CCOc1ccc(NC(=O)N2CCC(C(=O)c3ccc(O)cc3)CC2)cc1Cl. The summed E-state index contributed by atoms with van der Waals surface area (Å²) in [6, 6.07) is 11.2. The van der Waals surface area contributed by atoms with Crippen LogP contribution in [0.25, 0.3) is 0 Å². The number of nitrogens with one attached hydrogen (secondary N) is 1. The Kier molecular flexibility index (Phi) is 6.41. The van der Waals surface area contributed by atoms with Crippen molar-refractivity contribution in [1.82, 2.24) is 4.90 Å². The normalized spacial score (nSPS) is 14.6. The summed E-state index contributed by atoms with van der Waals surface area (Å²) in [6.07, 6.45) is 1.22. The van der Waals surface area contributed by atoms with E-state index in [-0.39, 0.29) is 23.5 Å². The van der Waals surface area contributed by atoms with Gasteiger partial charge < -0.3 is 20.1 Å². The summed E-state index contributed by atoms with van der Waals surface area (Å²) < 4.78 is 5.39. The number of ether oxygens (including phenoxy) is 1. The van der Waals surface area contributed by atoms with Gasteiger partial charge >= 0.3 is 6.03 Å². The molecule has 0 spiro atoms. The second-order valence-electron chi connectivity index (χ2n) is 6.68. The fourth-order valence-electron chi connectivity index (χ4n) is 3.26. The molecule has 0 atom stereocenters. The van der Waals surface area contributed by atoms with Crippen molar-refractivity contribution in [2.45, 2.75) is 19.8 Å². The number of benzene rings is 2. The number of anilines is 1. The second kappa shape index (κ2) is 8.97. The van der Waals surface area contributed by atoms with Crippen molar-refractivity contribution in [2.75, 3.05) is 25.0 Å². The predicted octanol–water partition coefficient (Wildman–Crippen LogP) is 4.57. The van der Waals surface area contributed by atoms with Gasteiger partial charge in [0.25, 0.3) is 0 Å². The lowest BCUT2D eigenvalue weighted by atomic mass is 9.89. The minimum absolute atomic E-state index is 0.0540. The van der Waals surface area contributed by atoms with Crippen LogP contribution in [0.5, 0.6) is 11.5 Å². The molecule has 0 aliphatic carbocycles. The zero-order chi connectivity index (χ0) is 20.1. The number of amides is 2. The number of nitrogens with zero attached hydrogens (tertiary/aromatic N) is 1. The average Bonchev–Trinajstić information content (AvgIpc) is 2.70. The van der Waals surface area contributed by atoms with Crippen molar-refractivity contribution < 1.29 is 19.4 Å². The van der Waals surface area contributed by atoms with Crippen LogP contribution in [0.3, 0.4) is 0 Å². The molecule has 3 rings (SSSR count). The first-order valence-electron chi connectivity index (χ1n) is 9.29. The zero-order valence-corrected chi connectivity index (χ0v) is 16.4. The van der Waals surface area contributed by atoms with Gasteiger partial charge in [-0.05, 0) is 62.2 Å². The van der Waals surface area contributed by atoms with E-state index in [1.807, 2.05) is 6.92 Å². The van der Waals surface area contributed by atoms with Gasteiger partial charge in [0.15, 0.2) is 5.78 Å². The van der Waals surface area contributed by atoms with Crippen LogP contribution in [0.4, 0.5) is 10.5 Å². The van der Waals surface area contributed by atoms with Crippen LogP contribution in [0.2, 0.25) is 5.02 Å². The van der Waals surface area contributed by atoms with Crippen LogP contribution >= 0.6 is 11.6 Å². The molecule has 2 N–H and O–H groups in total. The molecule has 1 aliphatic heterocycles. The molecular formula is C21H23ClN2O4. The second-order valence-corrected chi connectivity index (χ2v) is 7.09. The Balaban J connectivity index is 1.54. The van der Waals surface area contributed by atoms with Crippen LogP contribution in [-0.2, 0) is 0 Å². The number of hydrogen-bond acceptors (Lipinski definition) is 4. The molecule has 0 saturated carbocycles. The number of hydrogen-bond donors (Lipinski definition) is 2. The zero-order valence-electron chi connectivity index (χ0n) is 15.7. The Morgan fingerprint density at radius 3 is 2.46 bits per heavy atom. The lowest BCUT2D eigenvalue weighted by Crippen LogP contribution is -2.42. The third-order valence-electron chi connectivity index (χ3n) is 4.79. The van der Waals surface area contributed by atoms with Crippen molar-refractivity contribution in [3.05, 3.63) is 53.1 Å². The minimum atomic E-state index is -0.212. The summed E-state index contributed by atoms with van der Waals surface area (Å²) >= 11 is 6.16. The molecule has 1 fully saturated rings. The first kappa shape index (κ1) is 20.0. The van der Waals surface area contributed by atoms with Gasteiger partial charge in [-0.2, -0.15) is 0 Å². The molecule has 1 aliphatic rings. The van der Waals surface area contributed by atoms with Crippen LogP contribution < -0.4 is 10.1 Å². The molecule has 0 bridgehead atoms. The van der Waals surface area contributed by atoms with Gasteiger partial charge in [-0.25, -0.2) is 4.79 Å². The summed E-state index contributed by atoms with van der Waals surface area (Å²) in [5, 5.41) is 12.6. The highest BCUT2D eigenvalue weighted by atomic mass is 35.5. The third kappa shape index (κ3) is 4.75. The molecule has 28 heavy (non-hydrogen) atoms. The highest BCUT2D eigenvalue weighted by Crippen LogP contribution is 2.28. The molecule has 1 heterocycles. The van der Waals surface area contributed by atoms with Gasteiger partial charge in [0.1, 0.15) is 11.5 Å². The number of phenols is 1. The Morgan fingerprint density at radius 1 is 1.18 bits per heavy atom. The van der Waals surface area contributed by atoms with E-state index in [2.05, 4.69) is 5.32 Å². The molecule has 0 unspecified atom stereocenters. The number of carbonyl (C=O) groups excluding carboxylic acids is 2. The van der Waals surface area contributed by atoms with Crippen LogP contribution in [0.15, 0.2) is 42.5 Å². The first-order valence-corrected chi connectivity index (χ1v) is 9.67. The Bertz CT molecular complexity index is 846. The van der Waals surface area contributed by atoms with E-state index in [0.29, 0.717) is 54.6 Å². The quantitative estimate of drug-likeness (QED) is 0.718. The molecule has 2 aromatic rings. The summed E-state index contributed by atoms with van der Waals surface area (Å²) in [5.74, 6) is 0.653. The number of urea groups is 1. The molecule has 2 amide bonds. The van der Waals surface area contributed by atoms with Crippen molar-refractivity contribution in [2.24, 2.45) is 5.92 Å². The number of Topliss-reactive ketones (excluding diaryl/α,β-unsaturated/α-hetero) is 1. The average molecular weight is 403 g/mol. The maximum Gasteiger partial charge on any atom is 0.321 e. The van der Waals surface area contributed by atoms with Crippen LogP contribution in [-0.4, -0.2) is 41.5 Å². The van der Waals surface area contributed by atoms with E-state index in [9.17, 15) is 14.7 Å². The molecule has 148 valence electrons. The minimum Gasteiger partial charge on any atom is -0.508 e. The van der Waals surface area contributed by atoms with Gasteiger partial charge in [-0.3, -0.25) is 4.79 Å². The van der Waals surface area contributed by atoms with Gasteiger partial charge in [0.2, 0.25) is 0 Å². The molecule has 7 heteroatoms. The summed E-state index contributed by atoms with van der Waals surface area (Å²) in [6.45, 7) is 3.40. The van der Waals surface area contributed by atoms with Crippen LogP contribution in [0.1, 0.15) is 30.1 Å². The predicted molar refractivity (Wildman–Crippen MR) is 108 cm³/mol. The number of aromatic hydroxyl groups is 1. The summed E-state index contributed by atoms with van der Waals surface area (Å²) in [7, 11) is 0. The molecular weight excluding hydrogens is 380 g/mol. The smallest absolute Gasteiger partial charge is 0.321 e. The number of halogens is 1. The monoisotopic (exact) mass is 402 g/mol. The lowest BCUT2D eigenvalue weighted by Gasteiger charge is -2.31. The molecule has 0 radical (unpaired) electrons. The van der Waals surface area contributed by atoms with Crippen molar-refractivity contribution >= 4 is 29.1 Å². The number of ketones is 1. The number of phenolic OH excluding ortho intramolecular Hbond substituents is 1. The van der Waals surface area contributed by atoms with E-state index in [0.717, 1.165) is 0 Å². The molecule has 1 saturated heterocycles. The maximum absolute atomic E-state index is 12.6. The standard InChI is InChI=1S/C21H23ClN2O4/c1-2-28-19-8-5-16(13-18(19)22)23-21(27)24-11-9-15(10-12-24)20(26)14-3-6-17(25)7-4-14/h3-8,13,15,25H,2,9-12H2,1H3,(H,23,27). The van der Waals surface area contributed by atoms with E-state index < -0.39 is 0 Å². The Labute approximate surface area is 169 Å². The fraction of sp³-hybridized carbons (Fsp3) is 0.333. The number of carbonyl (C=O) groups is 2. The fourth-order valence-corrected chi connectivity index (χ4v) is 3.49. The maximum atomic E-state index is 12.6. The summed E-state index contributed by atoms with van der Waals surface area (Å²) in [4.78, 5) is 26.8. The highest BCUT2D eigenvalue weighted by molar-refractivity contribution is 6.32. The van der Waals surface area contributed by atoms with Gasteiger partial charge in [0.05, 0.1) is 11.6 Å². The van der Waals surface area contributed by atoms with E-state index in [4.69, 9.17) is 16.3 Å². The third-order valence-corrected chi connectivity index (χ3v) is 5.08. The van der Waals surface area contributed by atoms with E-state index in [1.165, 1.54) is 12.1 Å². The molecule has 6 nitrogen and oxygen atoms in total. The number of piperidine rings is 1. The van der Waals surface area contributed by atoms with Gasteiger partial charge in [-0.15, -0.1) is 0 Å². The largest absolute Gasteiger partial charge is 0.508 e. The van der Waals surface area contributed by atoms with Crippen LogP contribution in [0, 0.1) is 5.92 Å². The Morgan fingerprint density at radius 2 is 1.86 bits per heavy atom. The lowest BCUT2D eigenvalue weighted by molar-refractivity contribution is 0.0859. The highest BCUT2D eigenvalue weighted by Gasteiger charge is 2.28. The first-order chi connectivity index (χ1) is 13.5. The topological polar surface area (TPSA) is 78.9 Å². The van der Waals surface area contributed by atoms with Crippen molar-refractivity contribution in [3.63, 3.8) is 0 Å². The van der Waals surface area contributed by atoms with E-state index >= 15 is 0 Å². The van der Waals surface area contributed by atoms with Crippen molar-refractivity contribution in [3.8, 4) is 11.5 Å². The van der Waals surface area contributed by atoms with Gasteiger partial charge in [-0.1, -0.05) is 11.6 Å². The molecule has 2 aromatic carbocycles.